The Balaban J connectivity index is 1.75. The van der Waals surface area contributed by atoms with Gasteiger partial charge in [-0.25, -0.2) is 14.2 Å². The third-order valence-corrected chi connectivity index (χ3v) is 5.06. The van der Waals surface area contributed by atoms with E-state index in [0.29, 0.717) is 5.75 Å². The number of aromatic nitrogens is 1. The number of rotatable bonds is 9. The number of nitrogens with one attached hydrogen (secondary N) is 1. The van der Waals surface area contributed by atoms with Crippen LogP contribution in [-0.2, 0) is 9.53 Å². The first-order valence-corrected chi connectivity index (χ1v) is 10.6. The van der Waals surface area contributed by atoms with Crippen LogP contribution in [0.25, 0.3) is 0 Å². The summed E-state index contributed by atoms with van der Waals surface area (Å²) in [5.74, 6) is -2.61. The van der Waals surface area contributed by atoms with Gasteiger partial charge in [0.25, 0.3) is 5.91 Å². The average molecular weight is 484 g/mol. The van der Waals surface area contributed by atoms with E-state index >= 15 is 0 Å². The molecule has 1 amide bonds. The molecule has 3 atom stereocenters. The van der Waals surface area contributed by atoms with Crippen molar-refractivity contribution in [3.8, 4) is 23.0 Å². The standard InChI is InChI=1S/C25H25FN2O7/c1-14(28-24(31)21-22(30)20(33-3)11-12-27-21)25(32)34-15(2)23(35-17-7-5-4-6-8-17)18-10-9-16(26)13-19(18)29/h4-15,23,29-30H,1-3H3,(H,28,31)/t14-,15-,23-/m0/s1. The molecule has 3 N–H and O–H groups in total. The fraction of sp³-hybridized carbons (Fsp3) is 0.240. The number of carbonyl (C=O) groups excluding carboxylic acids is 2. The molecule has 0 saturated heterocycles. The lowest BCUT2D eigenvalue weighted by molar-refractivity contribution is -0.154. The summed E-state index contributed by atoms with van der Waals surface area (Å²) in [6.07, 6.45) is -0.671. The van der Waals surface area contributed by atoms with Crippen LogP contribution in [-0.4, -0.2) is 46.3 Å². The molecular formula is C25H25FN2O7. The molecule has 0 aliphatic carbocycles. The van der Waals surface area contributed by atoms with Gasteiger partial charge in [-0.2, -0.15) is 0 Å². The Morgan fingerprint density at radius 1 is 1.06 bits per heavy atom. The lowest BCUT2D eigenvalue weighted by atomic mass is 10.0. The second kappa shape index (κ2) is 11.2. The zero-order chi connectivity index (χ0) is 25.5. The summed E-state index contributed by atoms with van der Waals surface area (Å²) in [7, 11) is 1.32. The van der Waals surface area contributed by atoms with E-state index in [0.717, 1.165) is 12.1 Å². The summed E-state index contributed by atoms with van der Waals surface area (Å²) < 4.78 is 29.9. The zero-order valence-electron chi connectivity index (χ0n) is 19.3. The van der Waals surface area contributed by atoms with Gasteiger partial charge in [0.1, 0.15) is 29.5 Å². The normalized spacial score (nSPS) is 13.3. The van der Waals surface area contributed by atoms with E-state index in [2.05, 4.69) is 10.3 Å². The third-order valence-electron chi connectivity index (χ3n) is 5.06. The Hall–Kier alpha value is -4.34. The Morgan fingerprint density at radius 3 is 2.43 bits per heavy atom. The van der Waals surface area contributed by atoms with Crippen molar-refractivity contribution in [2.24, 2.45) is 0 Å². The lowest BCUT2D eigenvalue weighted by Gasteiger charge is -2.27. The first-order valence-electron chi connectivity index (χ1n) is 10.6. The maximum atomic E-state index is 13.5. The first kappa shape index (κ1) is 25.3. The highest BCUT2D eigenvalue weighted by atomic mass is 19.1. The molecule has 0 radical (unpaired) electrons. The number of hydrogen-bond acceptors (Lipinski definition) is 8. The quantitative estimate of drug-likeness (QED) is 0.394. The van der Waals surface area contributed by atoms with Crippen molar-refractivity contribution in [1.29, 1.82) is 0 Å². The van der Waals surface area contributed by atoms with Crippen molar-refractivity contribution in [3.05, 3.63) is 77.9 Å². The number of ether oxygens (including phenoxy) is 3. The molecule has 0 unspecified atom stereocenters. The minimum atomic E-state index is -1.13. The molecule has 0 aliphatic rings. The van der Waals surface area contributed by atoms with Crippen molar-refractivity contribution in [3.63, 3.8) is 0 Å². The van der Waals surface area contributed by atoms with Crippen LogP contribution in [0.15, 0.2) is 60.8 Å². The molecule has 3 rings (SSSR count). The summed E-state index contributed by atoms with van der Waals surface area (Å²) in [5, 5.41) is 22.8. The second-order valence-electron chi connectivity index (χ2n) is 7.60. The van der Waals surface area contributed by atoms with Crippen LogP contribution in [0.5, 0.6) is 23.0 Å². The summed E-state index contributed by atoms with van der Waals surface area (Å²) in [4.78, 5) is 29.1. The predicted octanol–water partition coefficient (Wildman–Crippen LogP) is 3.51. The van der Waals surface area contributed by atoms with E-state index < -0.39 is 41.7 Å². The maximum absolute atomic E-state index is 13.5. The molecule has 35 heavy (non-hydrogen) atoms. The van der Waals surface area contributed by atoms with E-state index in [1.54, 1.807) is 30.3 Å². The van der Waals surface area contributed by atoms with E-state index in [9.17, 15) is 24.2 Å². The van der Waals surface area contributed by atoms with Gasteiger partial charge < -0.3 is 29.7 Å². The summed E-state index contributed by atoms with van der Waals surface area (Å²) in [6, 6.07) is 12.3. The summed E-state index contributed by atoms with van der Waals surface area (Å²) in [6.45, 7) is 2.94. The van der Waals surface area contributed by atoms with Gasteiger partial charge in [0.2, 0.25) is 0 Å². The molecule has 1 aromatic heterocycles. The first-order chi connectivity index (χ1) is 16.7. The van der Waals surface area contributed by atoms with E-state index in [-0.39, 0.29) is 22.8 Å². The average Bonchev–Trinajstić information content (AvgIpc) is 2.83. The molecule has 0 saturated carbocycles. The Labute approximate surface area is 201 Å². The molecule has 184 valence electrons. The molecule has 0 fully saturated rings. The smallest absolute Gasteiger partial charge is 0.328 e. The Kier molecular flexibility index (Phi) is 8.08. The number of hydrogen-bond donors (Lipinski definition) is 3. The third kappa shape index (κ3) is 6.17. The number of aromatic hydroxyl groups is 2. The molecule has 10 heteroatoms. The molecule has 0 spiro atoms. The highest BCUT2D eigenvalue weighted by Crippen LogP contribution is 2.33. The Bertz CT molecular complexity index is 1190. The molecular weight excluding hydrogens is 459 g/mol. The maximum Gasteiger partial charge on any atom is 0.328 e. The number of nitrogens with zero attached hydrogens (tertiary/aromatic N) is 1. The molecule has 0 aliphatic heterocycles. The van der Waals surface area contributed by atoms with Crippen LogP contribution < -0.4 is 14.8 Å². The van der Waals surface area contributed by atoms with Gasteiger partial charge in [0.15, 0.2) is 23.3 Å². The van der Waals surface area contributed by atoms with Gasteiger partial charge in [-0.05, 0) is 38.1 Å². The zero-order valence-corrected chi connectivity index (χ0v) is 19.3. The van der Waals surface area contributed by atoms with Gasteiger partial charge in [-0.1, -0.05) is 18.2 Å². The van der Waals surface area contributed by atoms with E-state index in [1.807, 2.05) is 0 Å². The van der Waals surface area contributed by atoms with Crippen LogP contribution in [0.2, 0.25) is 0 Å². The minimum absolute atomic E-state index is 0.0500. The largest absolute Gasteiger partial charge is 0.507 e. The van der Waals surface area contributed by atoms with Gasteiger partial charge in [-0.15, -0.1) is 0 Å². The summed E-state index contributed by atoms with van der Waals surface area (Å²) in [5.41, 5.74) is -0.115. The fourth-order valence-corrected chi connectivity index (χ4v) is 3.25. The molecule has 1 heterocycles. The monoisotopic (exact) mass is 484 g/mol. The van der Waals surface area contributed by atoms with Crippen LogP contribution in [0, 0.1) is 5.82 Å². The highest BCUT2D eigenvalue weighted by molar-refractivity contribution is 5.97. The van der Waals surface area contributed by atoms with Crippen LogP contribution in [0.1, 0.15) is 36.0 Å². The number of pyridine rings is 1. The molecule has 9 nitrogen and oxygen atoms in total. The predicted molar refractivity (Wildman–Crippen MR) is 123 cm³/mol. The second-order valence-corrected chi connectivity index (χ2v) is 7.60. The number of esters is 1. The SMILES string of the molecule is COc1ccnc(C(=O)N[C@@H](C)C(=O)O[C@@H](C)[C@H](Oc2ccccc2)c2ccc(F)cc2O)c1O. The molecule has 3 aromatic rings. The highest BCUT2D eigenvalue weighted by Gasteiger charge is 2.30. The Morgan fingerprint density at radius 2 is 1.77 bits per heavy atom. The van der Waals surface area contributed by atoms with Crippen LogP contribution in [0.4, 0.5) is 4.39 Å². The summed E-state index contributed by atoms with van der Waals surface area (Å²) >= 11 is 0. The van der Waals surface area contributed by atoms with Gasteiger partial charge in [0.05, 0.1) is 7.11 Å². The molecule has 0 bridgehead atoms. The van der Waals surface area contributed by atoms with Crippen molar-refractivity contribution >= 4 is 11.9 Å². The van der Waals surface area contributed by atoms with Crippen molar-refractivity contribution in [1.82, 2.24) is 10.3 Å². The van der Waals surface area contributed by atoms with Crippen molar-refractivity contribution in [2.45, 2.75) is 32.1 Å². The number of halogens is 1. The lowest BCUT2D eigenvalue weighted by Crippen LogP contribution is -2.42. The number of methoxy groups -OCH3 is 1. The molecule has 2 aromatic carbocycles. The van der Waals surface area contributed by atoms with Crippen LogP contribution in [0.3, 0.4) is 0 Å². The van der Waals surface area contributed by atoms with Crippen molar-refractivity contribution < 1.29 is 38.4 Å². The van der Waals surface area contributed by atoms with Gasteiger partial charge in [0, 0.05) is 23.9 Å². The minimum Gasteiger partial charge on any atom is -0.507 e. The van der Waals surface area contributed by atoms with Gasteiger partial charge in [-0.3, -0.25) is 4.79 Å². The van der Waals surface area contributed by atoms with E-state index in [1.165, 1.54) is 39.3 Å². The fourth-order valence-electron chi connectivity index (χ4n) is 3.25. The number of para-hydroxylation sites is 1. The number of carbonyl (C=O) groups is 2. The topological polar surface area (TPSA) is 127 Å². The number of phenolic OH excluding ortho intramolecular Hbond substituents is 1. The van der Waals surface area contributed by atoms with Crippen LogP contribution >= 0.6 is 0 Å². The number of benzene rings is 2. The number of amides is 1. The van der Waals surface area contributed by atoms with Crippen molar-refractivity contribution in [2.75, 3.05) is 7.11 Å². The number of phenols is 1. The van der Waals surface area contributed by atoms with Gasteiger partial charge >= 0.3 is 5.97 Å². The van der Waals surface area contributed by atoms with E-state index in [4.69, 9.17) is 14.2 Å².